The summed E-state index contributed by atoms with van der Waals surface area (Å²) >= 11 is 0. The van der Waals surface area contributed by atoms with Crippen LogP contribution in [-0.2, 0) is 17.9 Å². The summed E-state index contributed by atoms with van der Waals surface area (Å²) in [6, 6.07) is 5.03. The number of likely N-dealkylation sites (N-methyl/N-ethyl adjacent to an activating group) is 1. The second-order valence-electron chi connectivity index (χ2n) is 6.00. The average molecular weight is 465 g/mol. The standard InChI is InChI=1S/C17H28FN5O.HI/c1-6-19-17(21-11-16(24)23(4)5)20-10-13-7-8-15(18)14(9-13)12-22(2)3;/h7-9H,6,10-12H2,1-5H3,(H2,19,20,21);1H. The minimum absolute atomic E-state index is 0. The highest BCUT2D eigenvalue weighted by Gasteiger charge is 2.07. The zero-order valence-corrected chi connectivity index (χ0v) is 17.9. The lowest BCUT2D eigenvalue weighted by molar-refractivity contribution is -0.127. The van der Waals surface area contributed by atoms with E-state index in [9.17, 15) is 9.18 Å². The Kier molecular flexibility index (Phi) is 11.3. The lowest BCUT2D eigenvalue weighted by atomic mass is 10.1. The molecule has 1 rings (SSSR count). The van der Waals surface area contributed by atoms with Gasteiger partial charge in [-0.15, -0.1) is 24.0 Å². The van der Waals surface area contributed by atoms with Gasteiger partial charge in [-0.25, -0.2) is 9.38 Å². The molecule has 142 valence electrons. The number of nitrogens with one attached hydrogen (secondary N) is 2. The molecule has 0 aliphatic carbocycles. The van der Waals surface area contributed by atoms with Crippen molar-refractivity contribution < 1.29 is 9.18 Å². The van der Waals surface area contributed by atoms with E-state index < -0.39 is 0 Å². The monoisotopic (exact) mass is 465 g/mol. The number of carbonyl (C=O) groups is 1. The molecule has 0 saturated carbocycles. The molecule has 1 aromatic carbocycles. The Hall–Kier alpha value is -1.42. The molecule has 8 heteroatoms. The zero-order valence-electron chi connectivity index (χ0n) is 15.6. The van der Waals surface area contributed by atoms with E-state index in [1.165, 1.54) is 11.0 Å². The highest BCUT2D eigenvalue weighted by Crippen LogP contribution is 2.13. The molecule has 0 bridgehead atoms. The van der Waals surface area contributed by atoms with Crippen molar-refractivity contribution in [3.63, 3.8) is 0 Å². The second kappa shape index (κ2) is 12.0. The Bertz CT molecular complexity index is 578. The van der Waals surface area contributed by atoms with Crippen molar-refractivity contribution in [2.24, 2.45) is 4.99 Å². The molecular formula is C17H29FIN5O. The van der Waals surface area contributed by atoms with Crippen LogP contribution < -0.4 is 10.6 Å². The molecule has 0 atom stereocenters. The predicted molar refractivity (Wildman–Crippen MR) is 111 cm³/mol. The summed E-state index contributed by atoms with van der Waals surface area (Å²) in [5.41, 5.74) is 1.57. The van der Waals surface area contributed by atoms with Gasteiger partial charge in [0.2, 0.25) is 5.91 Å². The van der Waals surface area contributed by atoms with Crippen molar-refractivity contribution in [2.75, 3.05) is 41.3 Å². The van der Waals surface area contributed by atoms with Crippen molar-refractivity contribution in [1.29, 1.82) is 0 Å². The van der Waals surface area contributed by atoms with E-state index >= 15 is 0 Å². The maximum Gasteiger partial charge on any atom is 0.241 e. The van der Waals surface area contributed by atoms with Crippen LogP contribution in [0.5, 0.6) is 0 Å². The van der Waals surface area contributed by atoms with E-state index in [1.807, 2.05) is 32.0 Å². The first-order chi connectivity index (χ1) is 11.3. The van der Waals surface area contributed by atoms with Gasteiger partial charge in [-0.2, -0.15) is 0 Å². The van der Waals surface area contributed by atoms with Crippen LogP contribution >= 0.6 is 24.0 Å². The number of hydrogen-bond donors (Lipinski definition) is 2. The summed E-state index contributed by atoms with van der Waals surface area (Å²) in [4.78, 5) is 19.5. The summed E-state index contributed by atoms with van der Waals surface area (Å²) in [6.45, 7) is 3.77. The van der Waals surface area contributed by atoms with Gasteiger partial charge in [-0.3, -0.25) is 4.79 Å². The fraction of sp³-hybridized carbons (Fsp3) is 0.529. The molecule has 0 fully saturated rings. The van der Waals surface area contributed by atoms with E-state index in [0.717, 1.165) is 5.56 Å². The van der Waals surface area contributed by atoms with Gasteiger partial charge < -0.3 is 20.4 Å². The molecule has 0 aliphatic rings. The van der Waals surface area contributed by atoms with Crippen molar-refractivity contribution in [3.05, 3.63) is 35.1 Å². The Labute approximate surface area is 166 Å². The normalized spacial score (nSPS) is 11.1. The van der Waals surface area contributed by atoms with Gasteiger partial charge >= 0.3 is 0 Å². The van der Waals surface area contributed by atoms with Crippen molar-refractivity contribution in [1.82, 2.24) is 20.4 Å². The maximum absolute atomic E-state index is 13.8. The van der Waals surface area contributed by atoms with Gasteiger partial charge in [-0.05, 0) is 38.7 Å². The Morgan fingerprint density at radius 3 is 2.44 bits per heavy atom. The number of halogens is 2. The van der Waals surface area contributed by atoms with Crippen LogP contribution in [0.1, 0.15) is 18.1 Å². The smallest absolute Gasteiger partial charge is 0.241 e. The number of carbonyl (C=O) groups excluding carboxylic acids is 1. The number of benzene rings is 1. The molecule has 1 aromatic rings. The molecule has 6 nitrogen and oxygen atoms in total. The van der Waals surface area contributed by atoms with Crippen LogP contribution in [0.3, 0.4) is 0 Å². The van der Waals surface area contributed by atoms with Gasteiger partial charge in [0.05, 0.1) is 13.1 Å². The topological polar surface area (TPSA) is 60.0 Å². The minimum Gasteiger partial charge on any atom is -0.357 e. The van der Waals surface area contributed by atoms with Crippen molar-refractivity contribution in [3.8, 4) is 0 Å². The van der Waals surface area contributed by atoms with Gasteiger partial charge in [0, 0.05) is 32.7 Å². The van der Waals surface area contributed by atoms with E-state index in [1.54, 1.807) is 20.2 Å². The first kappa shape index (κ1) is 23.6. The van der Waals surface area contributed by atoms with Crippen molar-refractivity contribution >= 4 is 35.8 Å². The average Bonchev–Trinajstić information content (AvgIpc) is 2.51. The van der Waals surface area contributed by atoms with E-state index in [0.29, 0.717) is 31.2 Å². The molecule has 0 saturated heterocycles. The highest BCUT2D eigenvalue weighted by atomic mass is 127. The molecule has 0 heterocycles. The first-order valence-electron chi connectivity index (χ1n) is 7.97. The predicted octanol–water partition coefficient (Wildman–Crippen LogP) is 1.65. The summed E-state index contributed by atoms with van der Waals surface area (Å²) < 4.78 is 13.8. The van der Waals surface area contributed by atoms with Crippen LogP contribution in [0.25, 0.3) is 0 Å². The minimum atomic E-state index is -0.210. The third-order valence-electron chi connectivity index (χ3n) is 3.27. The number of nitrogens with zero attached hydrogens (tertiary/aromatic N) is 3. The molecule has 0 aliphatic heterocycles. The Morgan fingerprint density at radius 1 is 1.20 bits per heavy atom. The lowest BCUT2D eigenvalue weighted by Crippen LogP contribution is -2.42. The molecule has 2 N–H and O–H groups in total. The van der Waals surface area contributed by atoms with E-state index in [2.05, 4.69) is 15.6 Å². The van der Waals surface area contributed by atoms with Crippen LogP contribution in [-0.4, -0.2) is 62.9 Å². The fourth-order valence-electron chi connectivity index (χ4n) is 2.02. The summed E-state index contributed by atoms with van der Waals surface area (Å²) in [5, 5.41) is 6.09. The lowest BCUT2D eigenvalue weighted by Gasteiger charge is -2.14. The van der Waals surface area contributed by atoms with Crippen LogP contribution in [0.2, 0.25) is 0 Å². The Morgan fingerprint density at radius 2 is 1.88 bits per heavy atom. The molecule has 0 aromatic heterocycles. The SMILES string of the molecule is CCNC(=NCc1ccc(F)c(CN(C)C)c1)NCC(=O)N(C)C.I. The maximum atomic E-state index is 13.8. The third-order valence-corrected chi connectivity index (χ3v) is 3.27. The fourth-order valence-corrected chi connectivity index (χ4v) is 2.02. The quantitative estimate of drug-likeness (QED) is 0.366. The van der Waals surface area contributed by atoms with Crippen LogP contribution in [0.4, 0.5) is 4.39 Å². The number of amides is 1. The Balaban J connectivity index is 0.00000576. The number of rotatable bonds is 7. The number of guanidine groups is 1. The summed E-state index contributed by atoms with van der Waals surface area (Å²) in [5.74, 6) is 0.319. The van der Waals surface area contributed by atoms with E-state index in [-0.39, 0.29) is 42.2 Å². The van der Waals surface area contributed by atoms with Crippen LogP contribution in [0, 0.1) is 5.82 Å². The van der Waals surface area contributed by atoms with Crippen LogP contribution in [0.15, 0.2) is 23.2 Å². The molecule has 1 amide bonds. The largest absolute Gasteiger partial charge is 0.357 e. The third kappa shape index (κ3) is 9.01. The molecule has 0 radical (unpaired) electrons. The van der Waals surface area contributed by atoms with Gasteiger partial charge in [0.1, 0.15) is 5.82 Å². The molecule has 0 spiro atoms. The van der Waals surface area contributed by atoms with Gasteiger partial charge in [0.15, 0.2) is 5.96 Å². The molecular weight excluding hydrogens is 436 g/mol. The van der Waals surface area contributed by atoms with Crippen molar-refractivity contribution in [2.45, 2.75) is 20.0 Å². The van der Waals surface area contributed by atoms with E-state index in [4.69, 9.17) is 0 Å². The summed E-state index contributed by atoms with van der Waals surface area (Å²) in [6.07, 6.45) is 0. The zero-order chi connectivity index (χ0) is 18.1. The second-order valence-corrected chi connectivity index (χ2v) is 6.00. The first-order valence-corrected chi connectivity index (χ1v) is 7.97. The summed E-state index contributed by atoms with van der Waals surface area (Å²) in [7, 11) is 7.22. The number of aliphatic imine (C=N–C) groups is 1. The highest BCUT2D eigenvalue weighted by molar-refractivity contribution is 14.0. The van der Waals surface area contributed by atoms with Gasteiger partial charge in [-0.1, -0.05) is 6.07 Å². The van der Waals surface area contributed by atoms with Gasteiger partial charge in [0.25, 0.3) is 0 Å². The number of hydrogen-bond acceptors (Lipinski definition) is 3. The molecule has 0 unspecified atom stereocenters. The molecule has 25 heavy (non-hydrogen) atoms.